The Morgan fingerprint density at radius 3 is 3.12 bits per heavy atom. The lowest BCUT2D eigenvalue weighted by atomic mass is 9.89. The summed E-state index contributed by atoms with van der Waals surface area (Å²) in [6.45, 7) is 3.37. The maximum atomic E-state index is 9.03. The Balaban J connectivity index is 1.84. The fourth-order valence-corrected chi connectivity index (χ4v) is 4.31. The minimum absolute atomic E-state index is 0.165. The van der Waals surface area contributed by atoms with E-state index < -0.39 is 0 Å². The van der Waals surface area contributed by atoms with Crippen LogP contribution >= 0.6 is 11.8 Å². The smallest absolute Gasteiger partial charge is 0.0795 e. The van der Waals surface area contributed by atoms with Crippen LogP contribution in [0.4, 0.5) is 0 Å². The van der Waals surface area contributed by atoms with E-state index in [1.165, 1.54) is 17.9 Å². The van der Waals surface area contributed by atoms with Gasteiger partial charge in [0.05, 0.1) is 5.60 Å². The molecule has 0 bridgehead atoms. The molecule has 100 valence electrons. The molecule has 2 saturated heterocycles. The zero-order chi connectivity index (χ0) is 12.1. The highest BCUT2D eigenvalue weighted by atomic mass is 32.2. The molecule has 2 aliphatic rings. The van der Waals surface area contributed by atoms with Crippen LogP contribution in [-0.4, -0.2) is 47.5 Å². The van der Waals surface area contributed by atoms with Crippen molar-refractivity contribution in [3.8, 4) is 0 Å². The number of aliphatic hydroxyl groups is 1. The van der Waals surface area contributed by atoms with Gasteiger partial charge < -0.3 is 15.2 Å². The first-order chi connectivity index (χ1) is 8.28. The molecule has 2 N–H and O–H groups in total. The second kappa shape index (κ2) is 6.41. The summed E-state index contributed by atoms with van der Waals surface area (Å²) in [4.78, 5) is 0. The van der Waals surface area contributed by atoms with Crippen molar-refractivity contribution in [3.05, 3.63) is 0 Å². The van der Waals surface area contributed by atoms with Crippen molar-refractivity contribution in [2.45, 2.75) is 56.7 Å². The monoisotopic (exact) mass is 259 g/mol. The fourth-order valence-electron chi connectivity index (χ4n) is 2.93. The third-order valence-corrected chi connectivity index (χ3v) is 5.22. The number of ether oxygens (including phenoxy) is 1. The molecule has 17 heavy (non-hydrogen) atoms. The highest BCUT2D eigenvalue weighted by molar-refractivity contribution is 7.99. The van der Waals surface area contributed by atoms with Crippen molar-refractivity contribution in [2.24, 2.45) is 0 Å². The van der Waals surface area contributed by atoms with Gasteiger partial charge in [0.2, 0.25) is 0 Å². The quantitative estimate of drug-likeness (QED) is 0.790. The van der Waals surface area contributed by atoms with Gasteiger partial charge in [0.25, 0.3) is 0 Å². The van der Waals surface area contributed by atoms with Crippen LogP contribution in [0.2, 0.25) is 0 Å². The zero-order valence-corrected chi connectivity index (χ0v) is 11.6. The van der Waals surface area contributed by atoms with Gasteiger partial charge in [-0.15, -0.1) is 0 Å². The predicted molar refractivity (Wildman–Crippen MR) is 72.6 cm³/mol. The molecule has 0 aromatic rings. The summed E-state index contributed by atoms with van der Waals surface area (Å²) >= 11 is 2.02. The molecule has 0 radical (unpaired) electrons. The number of rotatable bonds is 5. The van der Waals surface area contributed by atoms with Crippen molar-refractivity contribution >= 4 is 11.8 Å². The van der Waals surface area contributed by atoms with E-state index in [-0.39, 0.29) is 12.2 Å². The second-order valence-electron chi connectivity index (χ2n) is 5.31. The fraction of sp³-hybridized carbons (Fsp3) is 1.00. The number of nitrogens with one attached hydrogen (secondary N) is 1. The first-order valence-corrected chi connectivity index (χ1v) is 8.02. The van der Waals surface area contributed by atoms with Crippen LogP contribution in [0.15, 0.2) is 0 Å². The molecule has 0 aromatic carbocycles. The lowest BCUT2D eigenvalue weighted by Crippen LogP contribution is -2.49. The summed E-state index contributed by atoms with van der Waals surface area (Å²) < 4.78 is 6.02. The summed E-state index contributed by atoms with van der Waals surface area (Å²) in [6.07, 6.45) is 5.46. The third-order valence-electron chi connectivity index (χ3n) is 4.00. The van der Waals surface area contributed by atoms with Gasteiger partial charge in [-0.25, -0.2) is 0 Å². The summed E-state index contributed by atoms with van der Waals surface area (Å²) in [5, 5.41) is 12.7. The van der Waals surface area contributed by atoms with Gasteiger partial charge >= 0.3 is 0 Å². The topological polar surface area (TPSA) is 41.5 Å². The van der Waals surface area contributed by atoms with E-state index >= 15 is 0 Å². The van der Waals surface area contributed by atoms with Crippen molar-refractivity contribution in [3.63, 3.8) is 0 Å². The Kier molecular flexibility index (Phi) is 5.15. The van der Waals surface area contributed by atoms with Crippen molar-refractivity contribution in [1.82, 2.24) is 5.32 Å². The SMILES string of the molecule is CCC(CCO)NC1CCOC2(CCSC2)C1. The normalized spacial score (nSPS) is 35.3. The van der Waals surface area contributed by atoms with Gasteiger partial charge in [-0.1, -0.05) is 6.92 Å². The maximum absolute atomic E-state index is 9.03. The van der Waals surface area contributed by atoms with Gasteiger partial charge in [0, 0.05) is 31.1 Å². The van der Waals surface area contributed by atoms with E-state index in [0.717, 1.165) is 32.3 Å². The number of aliphatic hydroxyl groups excluding tert-OH is 1. The first-order valence-electron chi connectivity index (χ1n) is 6.86. The maximum Gasteiger partial charge on any atom is 0.0795 e. The Bertz CT molecular complexity index is 231. The second-order valence-corrected chi connectivity index (χ2v) is 6.41. The van der Waals surface area contributed by atoms with E-state index in [0.29, 0.717) is 12.1 Å². The van der Waals surface area contributed by atoms with Gasteiger partial charge in [0.1, 0.15) is 0 Å². The summed E-state index contributed by atoms with van der Waals surface area (Å²) in [5.41, 5.74) is 0.165. The van der Waals surface area contributed by atoms with Crippen molar-refractivity contribution in [2.75, 3.05) is 24.7 Å². The number of hydrogen-bond donors (Lipinski definition) is 2. The van der Waals surface area contributed by atoms with E-state index in [9.17, 15) is 0 Å². The average Bonchev–Trinajstić information content (AvgIpc) is 2.77. The van der Waals surface area contributed by atoms with Gasteiger partial charge in [-0.05, 0) is 37.9 Å². The molecule has 0 aromatic heterocycles. The van der Waals surface area contributed by atoms with Gasteiger partial charge in [-0.2, -0.15) is 11.8 Å². The molecular formula is C13H25NO2S. The van der Waals surface area contributed by atoms with E-state index in [2.05, 4.69) is 12.2 Å². The largest absolute Gasteiger partial charge is 0.396 e. The van der Waals surface area contributed by atoms with Crippen molar-refractivity contribution < 1.29 is 9.84 Å². The highest BCUT2D eigenvalue weighted by Crippen LogP contribution is 2.38. The molecule has 2 rings (SSSR count). The molecule has 3 atom stereocenters. The summed E-state index contributed by atoms with van der Waals surface area (Å²) in [6, 6.07) is 1.05. The molecule has 2 fully saturated rings. The van der Waals surface area contributed by atoms with Crippen LogP contribution in [0, 0.1) is 0 Å². The van der Waals surface area contributed by atoms with E-state index in [1.54, 1.807) is 0 Å². The third kappa shape index (κ3) is 3.60. The van der Waals surface area contributed by atoms with Crippen LogP contribution in [0.25, 0.3) is 0 Å². The Morgan fingerprint density at radius 2 is 2.47 bits per heavy atom. The Hall–Kier alpha value is 0.230. The van der Waals surface area contributed by atoms with Crippen LogP contribution in [0.1, 0.15) is 39.0 Å². The minimum atomic E-state index is 0.165. The van der Waals surface area contributed by atoms with Crippen molar-refractivity contribution in [1.29, 1.82) is 0 Å². The number of thioether (sulfide) groups is 1. The molecule has 2 aliphatic heterocycles. The van der Waals surface area contributed by atoms with Crippen LogP contribution < -0.4 is 5.32 Å². The van der Waals surface area contributed by atoms with Crippen LogP contribution in [0.5, 0.6) is 0 Å². The molecular weight excluding hydrogens is 234 g/mol. The Labute approximate surface area is 109 Å². The molecule has 1 spiro atoms. The van der Waals surface area contributed by atoms with Crippen LogP contribution in [0.3, 0.4) is 0 Å². The zero-order valence-electron chi connectivity index (χ0n) is 10.8. The molecule has 3 nitrogen and oxygen atoms in total. The first kappa shape index (κ1) is 13.7. The summed E-state index contributed by atoms with van der Waals surface area (Å²) in [5.74, 6) is 2.42. The molecule has 4 heteroatoms. The molecule has 0 amide bonds. The van der Waals surface area contributed by atoms with Gasteiger partial charge in [0.15, 0.2) is 0 Å². The van der Waals surface area contributed by atoms with Gasteiger partial charge in [-0.3, -0.25) is 0 Å². The van der Waals surface area contributed by atoms with E-state index in [4.69, 9.17) is 9.84 Å². The average molecular weight is 259 g/mol. The molecule has 0 aliphatic carbocycles. The highest BCUT2D eigenvalue weighted by Gasteiger charge is 2.40. The standard InChI is InChI=1S/C13H25NO2S/c1-2-11(3-6-15)14-12-4-7-16-13(9-12)5-8-17-10-13/h11-12,14-15H,2-10H2,1H3. The minimum Gasteiger partial charge on any atom is -0.396 e. The van der Waals surface area contributed by atoms with E-state index in [1.807, 2.05) is 11.8 Å². The molecule has 2 heterocycles. The molecule has 0 saturated carbocycles. The van der Waals surface area contributed by atoms with Crippen LogP contribution in [-0.2, 0) is 4.74 Å². The number of hydrogen-bond acceptors (Lipinski definition) is 4. The molecule has 3 unspecified atom stereocenters. The lowest BCUT2D eigenvalue weighted by molar-refractivity contribution is -0.0716. The lowest BCUT2D eigenvalue weighted by Gasteiger charge is -2.39. The summed E-state index contributed by atoms with van der Waals surface area (Å²) in [7, 11) is 0. The predicted octanol–water partition coefficient (Wildman–Crippen LogP) is 1.79. The Morgan fingerprint density at radius 1 is 1.59 bits per heavy atom.